The van der Waals surface area contributed by atoms with Crippen molar-refractivity contribution in [3.63, 3.8) is 0 Å². The fraction of sp³-hybridized carbons (Fsp3) is 0.636. The molecular formula is C11H19IN4. The number of hydrogen-bond donors (Lipinski definition) is 0. The number of likely N-dealkylation sites (N-methyl/N-ethyl adjacent to an activating group) is 1. The molecule has 0 N–H and O–H groups in total. The molecule has 0 saturated heterocycles. The van der Waals surface area contributed by atoms with Gasteiger partial charge in [-0.25, -0.2) is 9.97 Å². The molecule has 0 amide bonds. The third-order valence-electron chi connectivity index (χ3n) is 2.20. The fourth-order valence-corrected chi connectivity index (χ4v) is 1.65. The highest BCUT2D eigenvalue weighted by Crippen LogP contribution is 2.08. The van der Waals surface area contributed by atoms with Gasteiger partial charge in [-0.3, -0.25) is 0 Å². The Bertz CT molecular complexity index is 299. The molecular weight excluding hydrogens is 315 g/mol. The molecule has 0 aliphatic heterocycles. The minimum Gasteiger partial charge on any atom is -0.340 e. The van der Waals surface area contributed by atoms with E-state index in [2.05, 4.69) is 63.4 Å². The summed E-state index contributed by atoms with van der Waals surface area (Å²) in [5.74, 6) is 0.837. The normalized spacial score (nSPS) is 10.8. The number of rotatable bonds is 6. The number of aromatic nitrogens is 2. The van der Waals surface area contributed by atoms with Crippen molar-refractivity contribution in [1.82, 2.24) is 14.9 Å². The Balaban J connectivity index is 2.64. The number of anilines is 1. The van der Waals surface area contributed by atoms with E-state index < -0.39 is 0 Å². The van der Waals surface area contributed by atoms with Crippen molar-refractivity contribution in [2.24, 2.45) is 0 Å². The van der Waals surface area contributed by atoms with Gasteiger partial charge in [-0.1, -0.05) is 6.92 Å². The predicted octanol–water partition coefficient (Wildman–Crippen LogP) is 1.86. The molecule has 0 fully saturated rings. The number of nitrogens with zero attached hydrogens (tertiary/aromatic N) is 4. The quantitative estimate of drug-likeness (QED) is 0.744. The van der Waals surface area contributed by atoms with Crippen LogP contribution in [0.1, 0.15) is 13.3 Å². The van der Waals surface area contributed by atoms with Crippen LogP contribution in [0, 0.1) is 3.57 Å². The van der Waals surface area contributed by atoms with Gasteiger partial charge in [0.25, 0.3) is 0 Å². The lowest BCUT2D eigenvalue weighted by Crippen LogP contribution is -2.33. The first-order valence-corrected chi connectivity index (χ1v) is 6.58. The summed E-state index contributed by atoms with van der Waals surface area (Å²) in [6.45, 7) is 5.18. The van der Waals surface area contributed by atoms with Crippen molar-refractivity contribution < 1.29 is 0 Å². The maximum Gasteiger partial charge on any atom is 0.225 e. The smallest absolute Gasteiger partial charge is 0.225 e. The van der Waals surface area contributed by atoms with Crippen LogP contribution in [-0.2, 0) is 0 Å². The minimum absolute atomic E-state index is 0.837. The van der Waals surface area contributed by atoms with Crippen LogP contribution >= 0.6 is 22.6 Å². The Kier molecular flexibility index (Phi) is 5.97. The summed E-state index contributed by atoms with van der Waals surface area (Å²) < 4.78 is 1.07. The van der Waals surface area contributed by atoms with Crippen LogP contribution in [-0.4, -0.2) is 48.6 Å². The number of halogens is 1. The SMILES string of the molecule is CCCN(CCN(C)C)c1ncc(I)cn1. The topological polar surface area (TPSA) is 32.3 Å². The first-order valence-electron chi connectivity index (χ1n) is 5.50. The van der Waals surface area contributed by atoms with Gasteiger partial charge in [0.05, 0.1) is 0 Å². The van der Waals surface area contributed by atoms with Gasteiger partial charge < -0.3 is 9.80 Å². The largest absolute Gasteiger partial charge is 0.340 e. The van der Waals surface area contributed by atoms with Crippen molar-refractivity contribution >= 4 is 28.5 Å². The van der Waals surface area contributed by atoms with Crippen LogP contribution in [0.4, 0.5) is 5.95 Å². The maximum absolute atomic E-state index is 4.36. The van der Waals surface area contributed by atoms with E-state index in [4.69, 9.17) is 0 Å². The summed E-state index contributed by atoms with van der Waals surface area (Å²) in [7, 11) is 4.16. The summed E-state index contributed by atoms with van der Waals surface area (Å²) in [5.41, 5.74) is 0. The van der Waals surface area contributed by atoms with Crippen molar-refractivity contribution in [2.75, 3.05) is 38.6 Å². The van der Waals surface area contributed by atoms with E-state index in [1.54, 1.807) is 0 Å². The second-order valence-electron chi connectivity index (χ2n) is 3.99. The Morgan fingerprint density at radius 1 is 1.12 bits per heavy atom. The highest BCUT2D eigenvalue weighted by molar-refractivity contribution is 14.1. The van der Waals surface area contributed by atoms with E-state index in [0.717, 1.165) is 35.6 Å². The van der Waals surface area contributed by atoms with Gasteiger partial charge in [-0.05, 0) is 43.1 Å². The predicted molar refractivity (Wildman–Crippen MR) is 75.8 cm³/mol. The summed E-state index contributed by atoms with van der Waals surface area (Å²) in [5, 5.41) is 0. The van der Waals surface area contributed by atoms with Gasteiger partial charge in [0, 0.05) is 35.6 Å². The highest BCUT2D eigenvalue weighted by Gasteiger charge is 2.08. The first kappa shape index (κ1) is 13.6. The van der Waals surface area contributed by atoms with Gasteiger partial charge >= 0.3 is 0 Å². The van der Waals surface area contributed by atoms with E-state index in [-0.39, 0.29) is 0 Å². The first-order chi connectivity index (χ1) is 7.63. The van der Waals surface area contributed by atoms with Gasteiger partial charge in [-0.2, -0.15) is 0 Å². The van der Waals surface area contributed by atoms with Crippen LogP contribution in [0.3, 0.4) is 0 Å². The molecule has 16 heavy (non-hydrogen) atoms. The molecule has 0 saturated carbocycles. The minimum atomic E-state index is 0.837. The van der Waals surface area contributed by atoms with E-state index in [1.165, 1.54) is 0 Å². The lowest BCUT2D eigenvalue weighted by molar-refractivity contribution is 0.411. The lowest BCUT2D eigenvalue weighted by Gasteiger charge is -2.23. The number of hydrogen-bond acceptors (Lipinski definition) is 4. The molecule has 1 rings (SSSR count). The van der Waals surface area contributed by atoms with Gasteiger partial charge in [0.1, 0.15) is 0 Å². The molecule has 1 heterocycles. The molecule has 0 radical (unpaired) electrons. The summed E-state index contributed by atoms with van der Waals surface area (Å²) >= 11 is 2.22. The van der Waals surface area contributed by atoms with Crippen molar-refractivity contribution in [1.29, 1.82) is 0 Å². The Labute approximate surface area is 111 Å². The van der Waals surface area contributed by atoms with E-state index >= 15 is 0 Å². The fourth-order valence-electron chi connectivity index (χ4n) is 1.37. The summed E-state index contributed by atoms with van der Waals surface area (Å²) in [6, 6.07) is 0. The van der Waals surface area contributed by atoms with Crippen molar-refractivity contribution in [3.8, 4) is 0 Å². The Morgan fingerprint density at radius 3 is 2.25 bits per heavy atom. The maximum atomic E-state index is 4.36. The monoisotopic (exact) mass is 334 g/mol. The Hall–Kier alpha value is -0.430. The van der Waals surface area contributed by atoms with Gasteiger partial charge in [0.15, 0.2) is 0 Å². The molecule has 4 nitrogen and oxygen atoms in total. The molecule has 0 unspecified atom stereocenters. The lowest BCUT2D eigenvalue weighted by atomic mass is 10.4. The van der Waals surface area contributed by atoms with Crippen LogP contribution in [0.5, 0.6) is 0 Å². The zero-order chi connectivity index (χ0) is 12.0. The third kappa shape index (κ3) is 4.61. The second kappa shape index (κ2) is 7.01. The van der Waals surface area contributed by atoms with E-state index in [1.807, 2.05) is 12.4 Å². The zero-order valence-electron chi connectivity index (χ0n) is 10.1. The molecule has 0 aliphatic carbocycles. The average Bonchev–Trinajstić information content (AvgIpc) is 2.25. The molecule has 0 bridgehead atoms. The molecule has 0 atom stereocenters. The third-order valence-corrected chi connectivity index (χ3v) is 2.76. The van der Waals surface area contributed by atoms with Crippen LogP contribution in [0.2, 0.25) is 0 Å². The molecule has 5 heteroatoms. The van der Waals surface area contributed by atoms with Gasteiger partial charge in [-0.15, -0.1) is 0 Å². The molecule has 90 valence electrons. The molecule has 0 aliphatic rings. The van der Waals surface area contributed by atoms with E-state index in [9.17, 15) is 0 Å². The standard InChI is InChI=1S/C11H19IN4/c1-4-5-16(7-6-15(2)3)11-13-8-10(12)9-14-11/h8-9H,4-7H2,1-3H3. The summed E-state index contributed by atoms with van der Waals surface area (Å²) in [4.78, 5) is 13.1. The van der Waals surface area contributed by atoms with Crippen LogP contribution in [0.15, 0.2) is 12.4 Å². The summed E-state index contributed by atoms with van der Waals surface area (Å²) in [6.07, 6.45) is 4.84. The van der Waals surface area contributed by atoms with E-state index in [0.29, 0.717) is 0 Å². The molecule has 0 aromatic carbocycles. The average molecular weight is 334 g/mol. The van der Waals surface area contributed by atoms with Crippen molar-refractivity contribution in [3.05, 3.63) is 16.0 Å². The van der Waals surface area contributed by atoms with Crippen molar-refractivity contribution in [2.45, 2.75) is 13.3 Å². The molecule has 0 spiro atoms. The van der Waals surface area contributed by atoms with Crippen LogP contribution < -0.4 is 4.90 Å². The Morgan fingerprint density at radius 2 is 1.75 bits per heavy atom. The molecule has 1 aromatic rings. The van der Waals surface area contributed by atoms with Crippen LogP contribution in [0.25, 0.3) is 0 Å². The highest BCUT2D eigenvalue weighted by atomic mass is 127. The molecule has 1 aromatic heterocycles. The van der Waals surface area contributed by atoms with Gasteiger partial charge in [0.2, 0.25) is 5.95 Å². The second-order valence-corrected chi connectivity index (χ2v) is 5.24. The zero-order valence-corrected chi connectivity index (χ0v) is 12.3.